The SMILES string of the molecule is CC(=O)N(C1CCCCC1)[C@H]1CC(C(C)O)N(C(=O)OC(C)(C)C)C1. The Labute approximate surface area is 151 Å². The minimum absolute atomic E-state index is 0.0484. The first-order valence-electron chi connectivity index (χ1n) is 9.56. The van der Waals surface area contributed by atoms with Gasteiger partial charge in [0.25, 0.3) is 0 Å². The average molecular weight is 354 g/mol. The summed E-state index contributed by atoms with van der Waals surface area (Å²) in [6, 6.07) is -0.109. The fraction of sp³-hybridized carbons (Fsp3) is 0.895. The number of aliphatic hydroxyl groups excluding tert-OH is 1. The Kier molecular flexibility index (Phi) is 6.35. The Hall–Kier alpha value is -1.30. The van der Waals surface area contributed by atoms with Gasteiger partial charge in [-0.3, -0.25) is 4.79 Å². The second-order valence-corrected chi connectivity index (χ2v) is 8.55. The number of hydrogen-bond donors (Lipinski definition) is 1. The molecule has 0 bridgehead atoms. The summed E-state index contributed by atoms with van der Waals surface area (Å²) in [5.41, 5.74) is -0.581. The van der Waals surface area contributed by atoms with Crippen molar-refractivity contribution >= 4 is 12.0 Å². The molecular weight excluding hydrogens is 320 g/mol. The van der Waals surface area contributed by atoms with Crippen molar-refractivity contribution in [2.75, 3.05) is 6.54 Å². The maximum absolute atomic E-state index is 12.6. The molecule has 3 atom stereocenters. The molecule has 0 spiro atoms. The number of rotatable bonds is 3. The number of nitrogens with zero attached hydrogens (tertiary/aromatic N) is 2. The van der Waals surface area contributed by atoms with Crippen molar-refractivity contribution in [3.8, 4) is 0 Å². The van der Waals surface area contributed by atoms with E-state index in [0.717, 1.165) is 25.7 Å². The number of amides is 2. The highest BCUT2D eigenvalue weighted by Gasteiger charge is 2.44. The van der Waals surface area contributed by atoms with Crippen LogP contribution in [0.4, 0.5) is 4.79 Å². The standard InChI is InChI=1S/C19H34N2O4/c1-13(22)17-11-16(12-20(17)18(24)25-19(3,4)5)21(14(2)23)15-9-7-6-8-10-15/h13,15-17,22H,6-12H2,1-5H3/t13?,16-,17?/m0/s1. The van der Waals surface area contributed by atoms with Gasteiger partial charge >= 0.3 is 6.09 Å². The zero-order valence-corrected chi connectivity index (χ0v) is 16.3. The van der Waals surface area contributed by atoms with E-state index in [1.54, 1.807) is 18.7 Å². The molecule has 0 aromatic heterocycles. The average Bonchev–Trinajstić information content (AvgIpc) is 2.91. The van der Waals surface area contributed by atoms with Crippen LogP contribution in [0, 0.1) is 0 Å². The highest BCUT2D eigenvalue weighted by atomic mass is 16.6. The Morgan fingerprint density at radius 3 is 2.24 bits per heavy atom. The van der Waals surface area contributed by atoms with Gasteiger partial charge in [-0.15, -0.1) is 0 Å². The maximum atomic E-state index is 12.6. The third-order valence-electron chi connectivity index (χ3n) is 5.23. The molecule has 0 radical (unpaired) electrons. The number of hydrogen-bond acceptors (Lipinski definition) is 4. The van der Waals surface area contributed by atoms with Crippen LogP contribution in [0.1, 0.15) is 73.1 Å². The number of ether oxygens (including phenoxy) is 1. The van der Waals surface area contributed by atoms with Crippen molar-refractivity contribution in [3.63, 3.8) is 0 Å². The largest absolute Gasteiger partial charge is 0.444 e. The predicted molar refractivity (Wildman–Crippen MR) is 96.2 cm³/mol. The van der Waals surface area contributed by atoms with Crippen LogP contribution in [-0.4, -0.2) is 63.3 Å². The monoisotopic (exact) mass is 354 g/mol. The second-order valence-electron chi connectivity index (χ2n) is 8.55. The Morgan fingerprint density at radius 1 is 1.16 bits per heavy atom. The number of likely N-dealkylation sites (tertiary alicyclic amines) is 1. The minimum atomic E-state index is -0.655. The molecule has 1 heterocycles. The Bertz CT molecular complexity index is 480. The van der Waals surface area contributed by atoms with E-state index in [4.69, 9.17) is 4.74 Å². The Morgan fingerprint density at radius 2 is 1.76 bits per heavy atom. The van der Waals surface area contributed by atoms with E-state index >= 15 is 0 Å². The molecule has 1 aliphatic carbocycles. The summed E-state index contributed by atoms with van der Waals surface area (Å²) in [7, 11) is 0. The van der Waals surface area contributed by atoms with Crippen molar-refractivity contribution in [3.05, 3.63) is 0 Å². The fourth-order valence-corrected chi connectivity index (χ4v) is 4.20. The number of carbonyl (C=O) groups excluding carboxylic acids is 2. The van der Waals surface area contributed by atoms with Crippen molar-refractivity contribution in [2.24, 2.45) is 0 Å². The zero-order valence-electron chi connectivity index (χ0n) is 16.3. The van der Waals surface area contributed by atoms with E-state index in [0.29, 0.717) is 13.0 Å². The van der Waals surface area contributed by atoms with Crippen LogP contribution in [-0.2, 0) is 9.53 Å². The summed E-state index contributed by atoms with van der Waals surface area (Å²) in [4.78, 5) is 28.5. The topological polar surface area (TPSA) is 70.1 Å². The predicted octanol–water partition coefficient (Wildman–Crippen LogP) is 2.93. The van der Waals surface area contributed by atoms with Gasteiger partial charge < -0.3 is 19.6 Å². The molecule has 2 amide bonds. The third-order valence-corrected chi connectivity index (χ3v) is 5.23. The minimum Gasteiger partial charge on any atom is -0.444 e. The van der Waals surface area contributed by atoms with Crippen LogP contribution in [0.2, 0.25) is 0 Å². The first-order chi connectivity index (χ1) is 11.6. The van der Waals surface area contributed by atoms with Crippen molar-refractivity contribution < 1.29 is 19.4 Å². The molecule has 0 aromatic rings. The molecule has 1 saturated heterocycles. The van der Waals surface area contributed by atoms with Crippen molar-refractivity contribution in [1.82, 2.24) is 9.80 Å². The van der Waals surface area contributed by atoms with Gasteiger partial charge in [0.2, 0.25) is 5.91 Å². The second kappa shape index (κ2) is 7.94. The fourth-order valence-electron chi connectivity index (χ4n) is 4.20. The lowest BCUT2D eigenvalue weighted by Gasteiger charge is -2.38. The molecule has 6 heteroatoms. The Balaban J connectivity index is 2.15. The number of carbonyl (C=O) groups is 2. The van der Waals surface area contributed by atoms with Gasteiger partial charge in [-0.25, -0.2) is 4.79 Å². The molecule has 2 fully saturated rings. The summed E-state index contributed by atoms with van der Waals surface area (Å²) in [5.74, 6) is 0.0623. The summed E-state index contributed by atoms with van der Waals surface area (Å²) >= 11 is 0. The molecule has 0 aromatic carbocycles. The van der Waals surface area contributed by atoms with Gasteiger partial charge in [0.15, 0.2) is 0 Å². The summed E-state index contributed by atoms with van der Waals surface area (Å²) in [6.07, 6.45) is 5.13. The smallest absolute Gasteiger partial charge is 0.410 e. The molecule has 144 valence electrons. The molecular formula is C19H34N2O4. The quantitative estimate of drug-likeness (QED) is 0.846. The third kappa shape index (κ3) is 5.09. The highest BCUT2D eigenvalue weighted by Crippen LogP contribution is 2.31. The van der Waals surface area contributed by atoms with E-state index in [1.807, 2.05) is 25.7 Å². The van der Waals surface area contributed by atoms with Gasteiger partial charge in [-0.05, 0) is 47.0 Å². The van der Waals surface area contributed by atoms with E-state index in [-0.39, 0.29) is 24.0 Å². The molecule has 1 N–H and O–H groups in total. The first kappa shape index (κ1) is 20.0. The lowest BCUT2D eigenvalue weighted by atomic mass is 9.92. The van der Waals surface area contributed by atoms with Gasteiger partial charge in [0, 0.05) is 19.5 Å². The van der Waals surface area contributed by atoms with E-state index in [2.05, 4.69) is 0 Å². The van der Waals surface area contributed by atoms with Crippen molar-refractivity contribution in [2.45, 2.75) is 103 Å². The van der Waals surface area contributed by atoms with Crippen molar-refractivity contribution in [1.29, 1.82) is 0 Å². The molecule has 1 aliphatic heterocycles. The van der Waals surface area contributed by atoms with Crippen LogP contribution in [0.25, 0.3) is 0 Å². The number of aliphatic hydroxyl groups is 1. The van der Waals surface area contributed by atoms with Crippen LogP contribution in [0.15, 0.2) is 0 Å². The van der Waals surface area contributed by atoms with Gasteiger partial charge in [-0.1, -0.05) is 19.3 Å². The maximum Gasteiger partial charge on any atom is 0.410 e. The summed E-state index contributed by atoms with van der Waals surface area (Å²) < 4.78 is 5.51. The van der Waals surface area contributed by atoms with Gasteiger partial charge in [0.1, 0.15) is 5.60 Å². The van der Waals surface area contributed by atoms with Crippen LogP contribution >= 0.6 is 0 Å². The zero-order chi connectivity index (χ0) is 18.8. The molecule has 2 unspecified atom stereocenters. The molecule has 2 rings (SSSR count). The van der Waals surface area contributed by atoms with Gasteiger partial charge in [-0.2, -0.15) is 0 Å². The lowest BCUT2D eigenvalue weighted by molar-refractivity contribution is -0.134. The van der Waals surface area contributed by atoms with Gasteiger partial charge in [0.05, 0.1) is 18.2 Å². The van der Waals surface area contributed by atoms with Crippen LogP contribution in [0.5, 0.6) is 0 Å². The summed E-state index contributed by atoms with van der Waals surface area (Å²) in [6.45, 7) is 9.24. The summed E-state index contributed by atoms with van der Waals surface area (Å²) in [5, 5.41) is 10.2. The van der Waals surface area contributed by atoms with Crippen LogP contribution < -0.4 is 0 Å². The molecule has 25 heavy (non-hydrogen) atoms. The normalized spacial score (nSPS) is 26.4. The van der Waals surface area contributed by atoms with E-state index in [9.17, 15) is 14.7 Å². The molecule has 1 saturated carbocycles. The highest BCUT2D eigenvalue weighted by molar-refractivity contribution is 5.75. The van der Waals surface area contributed by atoms with Crippen LogP contribution in [0.3, 0.4) is 0 Å². The lowest BCUT2D eigenvalue weighted by Crippen LogP contribution is -2.48. The molecule has 6 nitrogen and oxygen atoms in total. The molecule has 2 aliphatic rings. The first-order valence-corrected chi connectivity index (χ1v) is 9.56. The van der Waals surface area contributed by atoms with E-state index < -0.39 is 17.8 Å². The van der Waals surface area contributed by atoms with E-state index in [1.165, 1.54) is 6.42 Å².